The molecule has 1 N–H and O–H groups in total. The molecule has 1 fully saturated rings. The number of hydrogen-bond acceptors (Lipinski definition) is 2. The average molecular weight is 270 g/mol. The van der Waals surface area contributed by atoms with Crippen molar-refractivity contribution in [3.63, 3.8) is 0 Å². The molecule has 4 nitrogen and oxygen atoms in total. The van der Waals surface area contributed by atoms with Crippen LogP contribution in [0, 0.1) is 5.82 Å². The predicted molar refractivity (Wildman–Crippen MR) is 71.6 cm³/mol. The van der Waals surface area contributed by atoms with Gasteiger partial charge in [0.05, 0.1) is 5.69 Å². The van der Waals surface area contributed by atoms with E-state index in [1.54, 1.807) is 24.3 Å². The van der Waals surface area contributed by atoms with E-state index in [4.69, 9.17) is 0 Å². The van der Waals surface area contributed by atoms with E-state index in [0.717, 1.165) is 10.5 Å². The summed E-state index contributed by atoms with van der Waals surface area (Å²) in [5.74, 6) is -0.784. The third-order valence-electron chi connectivity index (χ3n) is 3.16. The van der Waals surface area contributed by atoms with E-state index in [1.165, 1.54) is 24.3 Å². The Labute approximate surface area is 114 Å². The van der Waals surface area contributed by atoms with Gasteiger partial charge in [-0.15, -0.1) is 0 Å². The first kappa shape index (κ1) is 12.3. The maximum atomic E-state index is 12.9. The van der Waals surface area contributed by atoms with Crippen LogP contribution in [0.4, 0.5) is 14.9 Å². The summed E-state index contributed by atoms with van der Waals surface area (Å²) < 4.78 is 12.9. The Morgan fingerprint density at radius 1 is 0.950 bits per heavy atom. The number of benzene rings is 2. The van der Waals surface area contributed by atoms with Crippen molar-refractivity contribution in [1.82, 2.24) is 5.32 Å². The number of amides is 3. The van der Waals surface area contributed by atoms with Gasteiger partial charge in [-0.3, -0.25) is 4.79 Å². The molecule has 1 aliphatic rings. The number of nitrogens with zero attached hydrogens (tertiary/aromatic N) is 1. The lowest BCUT2D eigenvalue weighted by atomic mass is 10.1. The highest BCUT2D eigenvalue weighted by molar-refractivity contribution is 6.21. The van der Waals surface area contributed by atoms with Crippen molar-refractivity contribution in [3.05, 3.63) is 66.0 Å². The van der Waals surface area contributed by atoms with E-state index >= 15 is 0 Å². The Hall–Kier alpha value is -2.69. The first-order valence-corrected chi connectivity index (χ1v) is 6.12. The minimum Gasteiger partial charge on any atom is -0.321 e. The van der Waals surface area contributed by atoms with E-state index in [9.17, 15) is 14.0 Å². The third-order valence-corrected chi connectivity index (χ3v) is 3.16. The number of carbonyl (C=O) groups excluding carboxylic acids is 2. The summed E-state index contributed by atoms with van der Waals surface area (Å²) in [6, 6.07) is 13.0. The normalized spacial score (nSPS) is 18.2. The van der Waals surface area contributed by atoms with Crippen molar-refractivity contribution in [2.24, 2.45) is 0 Å². The van der Waals surface area contributed by atoms with Gasteiger partial charge in [0.2, 0.25) is 0 Å². The van der Waals surface area contributed by atoms with E-state index in [0.29, 0.717) is 5.69 Å². The maximum Gasteiger partial charge on any atom is 0.329 e. The SMILES string of the molecule is O=C1NC(c2ccccc2)C(=O)N1c1ccc(F)cc1. The monoisotopic (exact) mass is 270 g/mol. The first-order chi connectivity index (χ1) is 9.66. The second-order valence-electron chi connectivity index (χ2n) is 4.44. The summed E-state index contributed by atoms with van der Waals surface area (Å²) in [6.45, 7) is 0. The van der Waals surface area contributed by atoms with E-state index in [-0.39, 0.29) is 5.91 Å². The number of urea groups is 1. The molecule has 0 aliphatic carbocycles. The Kier molecular flexibility index (Phi) is 2.95. The average Bonchev–Trinajstić information content (AvgIpc) is 2.76. The lowest BCUT2D eigenvalue weighted by Gasteiger charge is -2.12. The van der Waals surface area contributed by atoms with Crippen LogP contribution < -0.4 is 10.2 Å². The zero-order valence-electron chi connectivity index (χ0n) is 10.4. The van der Waals surface area contributed by atoms with Gasteiger partial charge in [-0.05, 0) is 29.8 Å². The van der Waals surface area contributed by atoms with Crippen LogP contribution in [0.3, 0.4) is 0 Å². The molecule has 1 atom stereocenters. The number of imide groups is 1. The van der Waals surface area contributed by atoms with Gasteiger partial charge in [0, 0.05) is 0 Å². The molecule has 1 saturated heterocycles. The van der Waals surface area contributed by atoms with Gasteiger partial charge in [-0.25, -0.2) is 14.1 Å². The number of carbonyl (C=O) groups is 2. The number of hydrogen-bond donors (Lipinski definition) is 1. The molecule has 5 heteroatoms. The highest BCUT2D eigenvalue weighted by atomic mass is 19.1. The number of anilines is 1. The van der Waals surface area contributed by atoms with Crippen LogP contribution in [0.25, 0.3) is 0 Å². The fraction of sp³-hybridized carbons (Fsp3) is 0.0667. The minimum absolute atomic E-state index is 0.354. The highest BCUT2D eigenvalue weighted by Crippen LogP contribution is 2.26. The summed E-state index contributed by atoms with van der Waals surface area (Å²) in [6.07, 6.45) is 0. The standard InChI is InChI=1S/C15H11FN2O2/c16-11-6-8-12(9-7-11)18-14(19)13(17-15(18)20)10-4-2-1-3-5-10/h1-9,13H,(H,17,20). The molecular weight excluding hydrogens is 259 g/mol. The van der Waals surface area contributed by atoms with Gasteiger partial charge in [0.15, 0.2) is 0 Å². The molecule has 0 saturated carbocycles. The lowest BCUT2D eigenvalue weighted by Crippen LogP contribution is -2.30. The van der Waals surface area contributed by atoms with Crippen molar-refractivity contribution >= 4 is 17.6 Å². The summed E-state index contributed by atoms with van der Waals surface area (Å²) in [5.41, 5.74) is 1.07. The first-order valence-electron chi connectivity index (χ1n) is 6.12. The van der Waals surface area contributed by atoms with Gasteiger partial charge >= 0.3 is 6.03 Å². The molecule has 0 bridgehead atoms. The number of nitrogens with one attached hydrogen (secondary N) is 1. The summed E-state index contributed by atoms with van der Waals surface area (Å²) >= 11 is 0. The van der Waals surface area contributed by atoms with Gasteiger partial charge in [0.25, 0.3) is 5.91 Å². The Balaban J connectivity index is 1.93. The van der Waals surface area contributed by atoms with Gasteiger partial charge < -0.3 is 5.32 Å². The molecule has 0 radical (unpaired) electrons. The summed E-state index contributed by atoms with van der Waals surface area (Å²) in [5, 5.41) is 2.63. The Morgan fingerprint density at radius 3 is 2.25 bits per heavy atom. The molecule has 100 valence electrons. The molecule has 0 aromatic heterocycles. The largest absolute Gasteiger partial charge is 0.329 e. The lowest BCUT2D eigenvalue weighted by molar-refractivity contribution is -0.118. The predicted octanol–water partition coefficient (Wildman–Crippen LogP) is 2.62. The minimum atomic E-state index is -0.700. The molecule has 3 amide bonds. The molecular formula is C15H11FN2O2. The molecule has 2 aromatic carbocycles. The molecule has 0 spiro atoms. The quantitative estimate of drug-likeness (QED) is 0.853. The number of rotatable bonds is 2. The maximum absolute atomic E-state index is 12.9. The van der Waals surface area contributed by atoms with Crippen LogP contribution in [0.1, 0.15) is 11.6 Å². The van der Waals surface area contributed by atoms with Crippen LogP contribution in [-0.4, -0.2) is 11.9 Å². The summed E-state index contributed by atoms with van der Waals surface area (Å²) in [4.78, 5) is 25.3. The van der Waals surface area contributed by atoms with Crippen molar-refractivity contribution in [3.8, 4) is 0 Å². The third kappa shape index (κ3) is 2.03. The van der Waals surface area contributed by atoms with Gasteiger partial charge in [-0.2, -0.15) is 0 Å². The van der Waals surface area contributed by atoms with Crippen LogP contribution in [0.5, 0.6) is 0 Å². The van der Waals surface area contributed by atoms with Crippen LogP contribution in [0.15, 0.2) is 54.6 Å². The van der Waals surface area contributed by atoms with Crippen LogP contribution in [-0.2, 0) is 4.79 Å². The topological polar surface area (TPSA) is 49.4 Å². The second kappa shape index (κ2) is 4.77. The Morgan fingerprint density at radius 2 is 1.60 bits per heavy atom. The van der Waals surface area contributed by atoms with E-state index in [1.807, 2.05) is 6.07 Å². The molecule has 1 unspecified atom stereocenters. The van der Waals surface area contributed by atoms with Crippen molar-refractivity contribution < 1.29 is 14.0 Å². The smallest absolute Gasteiger partial charge is 0.321 e. The second-order valence-corrected chi connectivity index (χ2v) is 4.44. The molecule has 2 aromatic rings. The summed E-state index contributed by atoms with van der Waals surface area (Å²) in [7, 11) is 0. The zero-order valence-corrected chi connectivity index (χ0v) is 10.4. The zero-order chi connectivity index (χ0) is 14.1. The van der Waals surface area contributed by atoms with Crippen molar-refractivity contribution in [2.75, 3.05) is 4.90 Å². The Bertz CT molecular complexity index is 655. The van der Waals surface area contributed by atoms with E-state index < -0.39 is 17.9 Å². The molecule has 3 rings (SSSR count). The number of halogens is 1. The van der Waals surface area contributed by atoms with Crippen LogP contribution >= 0.6 is 0 Å². The molecule has 1 aliphatic heterocycles. The molecule has 20 heavy (non-hydrogen) atoms. The van der Waals surface area contributed by atoms with Crippen LogP contribution in [0.2, 0.25) is 0 Å². The van der Waals surface area contributed by atoms with Gasteiger partial charge in [-0.1, -0.05) is 30.3 Å². The fourth-order valence-corrected chi connectivity index (χ4v) is 2.19. The van der Waals surface area contributed by atoms with E-state index in [2.05, 4.69) is 5.32 Å². The highest BCUT2D eigenvalue weighted by Gasteiger charge is 2.39. The fourth-order valence-electron chi connectivity index (χ4n) is 2.19. The van der Waals surface area contributed by atoms with Crippen molar-refractivity contribution in [2.45, 2.75) is 6.04 Å². The van der Waals surface area contributed by atoms with Crippen molar-refractivity contribution in [1.29, 1.82) is 0 Å². The van der Waals surface area contributed by atoms with Gasteiger partial charge in [0.1, 0.15) is 11.9 Å². The molecule has 1 heterocycles.